The summed E-state index contributed by atoms with van der Waals surface area (Å²) in [7, 11) is 0. The molecule has 0 saturated carbocycles. The Kier molecular flexibility index (Phi) is 6.58. The van der Waals surface area contributed by atoms with E-state index in [-0.39, 0.29) is 12.1 Å². The van der Waals surface area contributed by atoms with E-state index in [1.165, 1.54) is 11.1 Å². The van der Waals surface area contributed by atoms with Crippen molar-refractivity contribution in [1.82, 2.24) is 15.1 Å². The lowest BCUT2D eigenvalue weighted by Gasteiger charge is -2.39. The number of nitrogens with one attached hydrogen (secondary N) is 1. The van der Waals surface area contributed by atoms with E-state index in [9.17, 15) is 4.79 Å². The number of nitrogens with zero attached hydrogens (tertiary/aromatic N) is 2. The van der Waals surface area contributed by atoms with Gasteiger partial charge in [0.1, 0.15) is 0 Å². The minimum atomic E-state index is -0.0437. The van der Waals surface area contributed by atoms with E-state index in [4.69, 9.17) is 0 Å². The highest BCUT2D eigenvalue weighted by molar-refractivity contribution is 5.76. The minimum absolute atomic E-state index is 0.0437. The number of rotatable bonds is 5. The quantitative estimate of drug-likeness (QED) is 0.673. The second-order valence-electron chi connectivity index (χ2n) is 7.44. The molecule has 1 saturated heterocycles. The first-order valence-electron chi connectivity index (χ1n) is 10.4. The molecule has 1 aliphatic heterocycles. The summed E-state index contributed by atoms with van der Waals surface area (Å²) in [6.45, 7) is 3.09. The van der Waals surface area contributed by atoms with Crippen molar-refractivity contribution in [3.8, 4) is 0 Å². The maximum Gasteiger partial charge on any atom is 0.321 e. The maximum absolute atomic E-state index is 12.5. The number of carbonyl (C=O) groups is 1. The molecule has 4 rings (SSSR count). The maximum atomic E-state index is 12.5. The predicted octanol–water partition coefficient (Wildman–Crippen LogP) is 4.77. The average Bonchev–Trinajstić information content (AvgIpc) is 2.82. The molecule has 4 nitrogen and oxygen atoms in total. The summed E-state index contributed by atoms with van der Waals surface area (Å²) in [5.41, 5.74) is 3.64. The van der Waals surface area contributed by atoms with Crippen LogP contribution >= 0.6 is 0 Å². The van der Waals surface area contributed by atoms with Crippen LogP contribution in [0, 0.1) is 0 Å². The lowest BCUT2D eigenvalue weighted by molar-refractivity contribution is 0.122. The Morgan fingerprint density at radius 3 is 1.77 bits per heavy atom. The van der Waals surface area contributed by atoms with Gasteiger partial charge in [-0.25, -0.2) is 4.79 Å². The third-order valence-corrected chi connectivity index (χ3v) is 5.48. The van der Waals surface area contributed by atoms with Gasteiger partial charge in [0.2, 0.25) is 0 Å². The van der Waals surface area contributed by atoms with Gasteiger partial charge >= 0.3 is 6.03 Å². The summed E-state index contributed by atoms with van der Waals surface area (Å²) < 4.78 is 0. The molecule has 0 aromatic heterocycles. The van der Waals surface area contributed by atoms with Crippen molar-refractivity contribution in [2.24, 2.45) is 0 Å². The van der Waals surface area contributed by atoms with Crippen LogP contribution in [-0.2, 0) is 0 Å². The zero-order valence-corrected chi connectivity index (χ0v) is 17.0. The van der Waals surface area contributed by atoms with E-state index >= 15 is 0 Å². The number of carbonyl (C=O) groups excluding carboxylic acids is 1. The molecule has 0 bridgehead atoms. The van der Waals surface area contributed by atoms with Crippen LogP contribution in [0.4, 0.5) is 4.79 Å². The van der Waals surface area contributed by atoms with Crippen molar-refractivity contribution in [2.45, 2.75) is 6.04 Å². The van der Waals surface area contributed by atoms with Gasteiger partial charge in [0.25, 0.3) is 0 Å². The van der Waals surface area contributed by atoms with E-state index in [0.717, 1.165) is 18.7 Å². The second-order valence-corrected chi connectivity index (χ2v) is 7.44. The van der Waals surface area contributed by atoms with Gasteiger partial charge in [-0.3, -0.25) is 4.90 Å². The van der Waals surface area contributed by atoms with Gasteiger partial charge in [0.15, 0.2) is 0 Å². The van der Waals surface area contributed by atoms with Crippen LogP contribution in [0.1, 0.15) is 22.7 Å². The van der Waals surface area contributed by atoms with Crippen molar-refractivity contribution < 1.29 is 4.79 Å². The first-order chi connectivity index (χ1) is 14.8. The highest BCUT2D eigenvalue weighted by Crippen LogP contribution is 2.29. The predicted molar refractivity (Wildman–Crippen MR) is 122 cm³/mol. The van der Waals surface area contributed by atoms with Crippen molar-refractivity contribution in [2.75, 3.05) is 26.2 Å². The molecule has 1 heterocycles. The fourth-order valence-corrected chi connectivity index (χ4v) is 3.93. The molecule has 2 amide bonds. The summed E-state index contributed by atoms with van der Waals surface area (Å²) in [5.74, 6) is 0. The molecule has 3 aromatic carbocycles. The Morgan fingerprint density at radius 2 is 1.23 bits per heavy atom. The second kappa shape index (κ2) is 9.90. The first-order valence-corrected chi connectivity index (χ1v) is 10.4. The van der Waals surface area contributed by atoms with Gasteiger partial charge in [0.05, 0.1) is 6.04 Å². The Labute approximate surface area is 178 Å². The number of urea groups is 1. The molecular formula is C26H27N3O. The first kappa shape index (κ1) is 19.9. The van der Waals surface area contributed by atoms with Crippen molar-refractivity contribution in [1.29, 1.82) is 0 Å². The van der Waals surface area contributed by atoms with E-state index in [1.54, 1.807) is 6.20 Å². The lowest BCUT2D eigenvalue weighted by atomic mass is 9.96. The molecule has 0 atom stereocenters. The Hall–Kier alpha value is -3.37. The summed E-state index contributed by atoms with van der Waals surface area (Å²) in [4.78, 5) is 16.9. The molecular weight excluding hydrogens is 370 g/mol. The van der Waals surface area contributed by atoms with Crippen molar-refractivity contribution in [3.63, 3.8) is 0 Å². The number of hydrogen-bond acceptors (Lipinski definition) is 2. The third kappa shape index (κ3) is 4.97. The van der Waals surface area contributed by atoms with Crippen LogP contribution in [0.25, 0.3) is 6.08 Å². The molecule has 30 heavy (non-hydrogen) atoms. The molecule has 1 aliphatic rings. The van der Waals surface area contributed by atoms with Crippen LogP contribution in [0.3, 0.4) is 0 Å². The standard InChI is InChI=1S/C26H27N3O/c30-26(27-17-16-22-10-4-1-5-11-22)29-20-18-28(19-21-29)25(23-12-6-2-7-13-23)24-14-8-3-9-15-24/h1-17,25H,18-21H2,(H,27,30)/b17-16+. The normalized spacial score (nSPS) is 14.9. The van der Waals surface area contributed by atoms with Crippen LogP contribution in [0.2, 0.25) is 0 Å². The van der Waals surface area contributed by atoms with E-state index in [2.05, 4.69) is 70.9 Å². The van der Waals surface area contributed by atoms with E-state index in [0.29, 0.717) is 13.1 Å². The Bertz CT molecular complexity index is 910. The molecule has 0 unspecified atom stereocenters. The van der Waals surface area contributed by atoms with Gasteiger partial charge in [0, 0.05) is 32.4 Å². The van der Waals surface area contributed by atoms with Crippen LogP contribution in [-0.4, -0.2) is 42.0 Å². The highest BCUT2D eigenvalue weighted by atomic mass is 16.2. The Morgan fingerprint density at radius 1 is 0.733 bits per heavy atom. The van der Waals surface area contributed by atoms with Crippen molar-refractivity contribution >= 4 is 12.1 Å². The van der Waals surface area contributed by atoms with Crippen molar-refractivity contribution in [3.05, 3.63) is 114 Å². The third-order valence-electron chi connectivity index (χ3n) is 5.48. The molecule has 4 heteroatoms. The molecule has 1 N–H and O–H groups in total. The fraction of sp³-hybridized carbons (Fsp3) is 0.192. The topological polar surface area (TPSA) is 35.6 Å². The van der Waals surface area contributed by atoms with Crippen LogP contribution in [0.15, 0.2) is 97.2 Å². The summed E-state index contributed by atoms with van der Waals surface area (Å²) in [5, 5.41) is 2.90. The van der Waals surface area contributed by atoms with Gasteiger partial charge in [-0.15, -0.1) is 0 Å². The molecule has 0 aliphatic carbocycles. The smallest absolute Gasteiger partial charge is 0.321 e. The summed E-state index contributed by atoms with van der Waals surface area (Å²) in [6, 6.07) is 31.3. The van der Waals surface area contributed by atoms with Gasteiger partial charge in [-0.2, -0.15) is 0 Å². The molecule has 0 radical (unpaired) electrons. The highest BCUT2D eigenvalue weighted by Gasteiger charge is 2.27. The zero-order valence-electron chi connectivity index (χ0n) is 17.0. The van der Waals surface area contributed by atoms with Crippen LogP contribution < -0.4 is 5.32 Å². The average molecular weight is 398 g/mol. The minimum Gasteiger partial charge on any atom is -0.322 e. The number of amides is 2. The van der Waals surface area contributed by atoms with Gasteiger partial charge in [-0.05, 0) is 22.8 Å². The monoisotopic (exact) mass is 397 g/mol. The summed E-state index contributed by atoms with van der Waals surface area (Å²) in [6.07, 6.45) is 3.63. The fourth-order valence-electron chi connectivity index (χ4n) is 3.93. The Balaban J connectivity index is 1.38. The molecule has 1 fully saturated rings. The van der Waals surface area contributed by atoms with E-state index < -0.39 is 0 Å². The SMILES string of the molecule is O=C(N/C=C/c1ccccc1)N1CCN(C(c2ccccc2)c2ccccc2)CC1. The number of piperazine rings is 1. The summed E-state index contributed by atoms with van der Waals surface area (Å²) >= 11 is 0. The van der Waals surface area contributed by atoms with E-state index in [1.807, 2.05) is 41.3 Å². The number of hydrogen-bond donors (Lipinski definition) is 1. The molecule has 152 valence electrons. The lowest BCUT2D eigenvalue weighted by Crippen LogP contribution is -2.51. The largest absolute Gasteiger partial charge is 0.322 e. The molecule has 0 spiro atoms. The van der Waals surface area contributed by atoms with Crippen LogP contribution in [0.5, 0.6) is 0 Å². The van der Waals surface area contributed by atoms with Gasteiger partial charge < -0.3 is 10.2 Å². The molecule has 3 aromatic rings. The number of benzene rings is 3. The van der Waals surface area contributed by atoms with Gasteiger partial charge in [-0.1, -0.05) is 91.0 Å². The zero-order chi connectivity index (χ0) is 20.6.